The van der Waals surface area contributed by atoms with Crippen molar-refractivity contribution >= 4 is 45.4 Å². The number of nitrogens with zero attached hydrogens (tertiary/aromatic N) is 3. The molecular weight excluding hydrogens is 412 g/mol. The highest BCUT2D eigenvalue weighted by Gasteiger charge is 2.19. The summed E-state index contributed by atoms with van der Waals surface area (Å²) in [5, 5.41) is 18.1. The maximum atomic E-state index is 13.0. The summed E-state index contributed by atoms with van der Waals surface area (Å²) >= 11 is 1.42. The number of carbonyl (C=O) groups excluding carboxylic acids is 2. The zero-order valence-electron chi connectivity index (χ0n) is 17.2. The molecule has 9 heteroatoms. The molecule has 156 valence electrons. The van der Waals surface area contributed by atoms with E-state index < -0.39 is 0 Å². The number of Topliss-reactive ketones (excluding diaryl/α,β-unsaturated/α-hetero) is 1. The van der Waals surface area contributed by atoms with E-state index in [1.54, 1.807) is 17.5 Å². The summed E-state index contributed by atoms with van der Waals surface area (Å²) < 4.78 is 1.66. The van der Waals surface area contributed by atoms with Gasteiger partial charge in [0.1, 0.15) is 4.83 Å². The monoisotopic (exact) mass is 432 g/mol. The fourth-order valence-corrected chi connectivity index (χ4v) is 4.36. The van der Waals surface area contributed by atoms with Crippen molar-refractivity contribution < 1.29 is 9.59 Å². The van der Waals surface area contributed by atoms with Crippen LogP contribution in [-0.2, 0) is 0 Å². The van der Waals surface area contributed by atoms with Gasteiger partial charge in [-0.1, -0.05) is 12.1 Å². The van der Waals surface area contributed by atoms with Crippen molar-refractivity contribution in [2.45, 2.75) is 13.8 Å². The zero-order valence-corrected chi connectivity index (χ0v) is 18.0. The molecule has 0 bridgehead atoms. The first-order chi connectivity index (χ1) is 14.9. The van der Waals surface area contributed by atoms with Gasteiger partial charge in [-0.15, -0.1) is 11.3 Å². The van der Waals surface area contributed by atoms with Crippen LogP contribution in [0.1, 0.15) is 38.9 Å². The van der Waals surface area contributed by atoms with E-state index in [-0.39, 0.29) is 11.7 Å². The fraction of sp³-hybridized carbons (Fsp3) is 0.136. The van der Waals surface area contributed by atoms with E-state index >= 15 is 0 Å². The first-order valence-electron chi connectivity index (χ1n) is 9.50. The Morgan fingerprint density at radius 3 is 2.74 bits per heavy atom. The van der Waals surface area contributed by atoms with Crippen LogP contribution < -0.4 is 10.6 Å². The molecular formula is C22H20N6O2S. The molecule has 3 aromatic heterocycles. The Morgan fingerprint density at radius 2 is 2.03 bits per heavy atom. The van der Waals surface area contributed by atoms with Crippen LogP contribution in [0.15, 0.2) is 42.9 Å². The largest absolute Gasteiger partial charge is 0.388 e. The highest BCUT2D eigenvalue weighted by atomic mass is 32.1. The van der Waals surface area contributed by atoms with Crippen LogP contribution in [0.4, 0.5) is 11.4 Å². The third kappa shape index (κ3) is 3.71. The highest BCUT2D eigenvalue weighted by molar-refractivity contribution is 7.21. The van der Waals surface area contributed by atoms with Crippen molar-refractivity contribution in [2.24, 2.45) is 0 Å². The Kier molecular flexibility index (Phi) is 5.35. The third-order valence-electron chi connectivity index (χ3n) is 4.97. The van der Waals surface area contributed by atoms with E-state index in [2.05, 4.69) is 20.7 Å². The highest BCUT2D eigenvalue weighted by Crippen LogP contribution is 2.34. The van der Waals surface area contributed by atoms with Gasteiger partial charge in [-0.3, -0.25) is 14.6 Å². The van der Waals surface area contributed by atoms with Crippen molar-refractivity contribution in [3.05, 3.63) is 65.2 Å². The van der Waals surface area contributed by atoms with E-state index in [0.29, 0.717) is 27.3 Å². The number of thiazole rings is 1. The number of rotatable bonds is 6. The lowest BCUT2D eigenvalue weighted by Gasteiger charge is -2.09. The smallest absolute Gasteiger partial charge is 0.260 e. The summed E-state index contributed by atoms with van der Waals surface area (Å²) in [5.41, 5.74) is 4.47. The lowest BCUT2D eigenvalue weighted by molar-refractivity contribution is 0.101. The Morgan fingerprint density at radius 1 is 1.23 bits per heavy atom. The number of amides is 1. The lowest BCUT2D eigenvalue weighted by Crippen LogP contribution is -2.13. The number of hydrogen-bond donors (Lipinski definition) is 3. The molecule has 0 saturated heterocycles. The number of aromatic nitrogens is 3. The predicted octanol–water partition coefficient (Wildman–Crippen LogP) is 4.26. The number of carbonyl (C=O) groups is 2. The van der Waals surface area contributed by atoms with Gasteiger partial charge in [0.15, 0.2) is 5.78 Å². The van der Waals surface area contributed by atoms with Crippen LogP contribution in [0.5, 0.6) is 0 Å². The normalized spacial score (nSPS) is 10.8. The quantitative estimate of drug-likeness (QED) is 0.311. The summed E-state index contributed by atoms with van der Waals surface area (Å²) in [5.74, 6) is -0.449. The molecule has 0 fully saturated rings. The number of hydrogen-bond acceptors (Lipinski definition) is 7. The second kappa shape index (κ2) is 8.11. The van der Waals surface area contributed by atoms with Gasteiger partial charge in [0.25, 0.3) is 5.91 Å². The van der Waals surface area contributed by atoms with Crippen molar-refractivity contribution in [1.82, 2.24) is 14.6 Å². The first-order valence-corrected chi connectivity index (χ1v) is 10.3. The Labute approximate surface area is 182 Å². The molecule has 0 radical (unpaired) electrons. The van der Waals surface area contributed by atoms with E-state index in [1.165, 1.54) is 36.9 Å². The van der Waals surface area contributed by atoms with E-state index in [9.17, 15) is 9.59 Å². The Balaban J connectivity index is 1.71. The van der Waals surface area contributed by atoms with Crippen molar-refractivity contribution in [3.8, 4) is 10.4 Å². The molecule has 0 aliphatic heterocycles. The molecule has 0 saturated carbocycles. The lowest BCUT2D eigenvalue weighted by atomic mass is 10.1. The summed E-state index contributed by atoms with van der Waals surface area (Å²) in [6.07, 6.45) is 6.18. The summed E-state index contributed by atoms with van der Waals surface area (Å²) in [4.78, 5) is 30.4. The van der Waals surface area contributed by atoms with E-state index in [4.69, 9.17) is 5.41 Å². The van der Waals surface area contributed by atoms with Gasteiger partial charge in [0.2, 0.25) is 0 Å². The molecule has 0 unspecified atom stereocenters. The van der Waals surface area contributed by atoms with Crippen LogP contribution in [0.3, 0.4) is 0 Å². The van der Waals surface area contributed by atoms with Crippen LogP contribution in [0.25, 0.3) is 15.3 Å². The number of fused-ring (bicyclic) bond motifs is 1. The number of anilines is 2. The molecule has 4 rings (SSSR count). The second-order valence-electron chi connectivity index (χ2n) is 6.93. The maximum Gasteiger partial charge on any atom is 0.260 e. The predicted molar refractivity (Wildman–Crippen MR) is 123 cm³/mol. The number of pyridine rings is 1. The minimum Gasteiger partial charge on any atom is -0.388 e. The molecule has 0 aliphatic carbocycles. The number of nitrogens with one attached hydrogen (secondary N) is 3. The molecule has 3 N–H and O–H groups in total. The van der Waals surface area contributed by atoms with Gasteiger partial charge in [0.05, 0.1) is 28.0 Å². The topological polar surface area (TPSA) is 112 Å². The molecule has 8 nitrogen and oxygen atoms in total. The van der Waals surface area contributed by atoms with Gasteiger partial charge >= 0.3 is 0 Å². The Hall–Kier alpha value is -3.85. The molecule has 1 aromatic carbocycles. The Bertz CT molecular complexity index is 1340. The van der Waals surface area contributed by atoms with Gasteiger partial charge < -0.3 is 16.0 Å². The molecule has 0 aliphatic rings. The van der Waals surface area contributed by atoms with Crippen LogP contribution in [0, 0.1) is 12.3 Å². The van der Waals surface area contributed by atoms with E-state index in [0.717, 1.165) is 21.7 Å². The summed E-state index contributed by atoms with van der Waals surface area (Å²) in [7, 11) is 1.81. The number of aryl methyl sites for hydroxylation is 1. The molecule has 0 spiro atoms. The average Bonchev–Trinajstić information content (AvgIpc) is 3.35. The second-order valence-corrected chi connectivity index (χ2v) is 7.96. The van der Waals surface area contributed by atoms with Gasteiger partial charge in [-0.2, -0.15) is 5.10 Å². The van der Waals surface area contributed by atoms with Gasteiger partial charge in [-0.05, 0) is 26.0 Å². The number of benzene rings is 1. The minimum absolute atomic E-state index is 0.121. The molecule has 3 heterocycles. The van der Waals surface area contributed by atoms with Crippen molar-refractivity contribution in [3.63, 3.8) is 0 Å². The standard InChI is InChI=1S/C22H20N6O2S/c1-12-19(7-14(9-25-12)13(2)29)27-21(30)17-10-26-28-11-20(31-22(17)28)15-5-4-6-18(24-3)16(15)8-23/h4-11,23-24H,1-3H3,(H,27,30). The van der Waals surface area contributed by atoms with E-state index in [1.807, 2.05) is 31.4 Å². The number of ketones is 1. The maximum absolute atomic E-state index is 13.0. The zero-order chi connectivity index (χ0) is 22.1. The summed E-state index contributed by atoms with van der Waals surface area (Å²) in [6, 6.07) is 7.40. The molecule has 4 aromatic rings. The summed E-state index contributed by atoms with van der Waals surface area (Å²) in [6.45, 7) is 3.22. The average molecular weight is 433 g/mol. The van der Waals surface area contributed by atoms with Gasteiger partial charge in [0, 0.05) is 48.0 Å². The van der Waals surface area contributed by atoms with Crippen molar-refractivity contribution in [1.29, 1.82) is 5.41 Å². The van der Waals surface area contributed by atoms with Crippen molar-refractivity contribution in [2.75, 3.05) is 17.7 Å². The molecule has 31 heavy (non-hydrogen) atoms. The first kappa shape index (κ1) is 20.4. The SMILES string of the molecule is CNc1cccc(-c2cn3ncc(C(=O)Nc4cc(C(C)=O)cnc4C)c3s2)c1C=N. The third-order valence-corrected chi connectivity index (χ3v) is 6.11. The molecule has 1 amide bonds. The van der Waals surface area contributed by atoms with Gasteiger partial charge in [-0.25, -0.2) is 4.52 Å². The minimum atomic E-state index is -0.328. The van der Waals surface area contributed by atoms with Crippen LogP contribution >= 0.6 is 11.3 Å². The molecule has 0 atom stereocenters. The van der Waals surface area contributed by atoms with Crippen LogP contribution in [0.2, 0.25) is 0 Å². The fourth-order valence-electron chi connectivity index (χ4n) is 3.26. The van der Waals surface area contributed by atoms with Crippen LogP contribution in [-0.4, -0.2) is 39.6 Å².